The van der Waals surface area contributed by atoms with Crippen LogP contribution in [0.5, 0.6) is 0 Å². The lowest BCUT2D eigenvalue weighted by molar-refractivity contribution is -0.188. The molecule has 42 heavy (non-hydrogen) atoms. The summed E-state index contributed by atoms with van der Waals surface area (Å²) in [5, 5.41) is 6.41. The van der Waals surface area contributed by atoms with E-state index >= 15 is 0 Å². The molecule has 0 bridgehead atoms. The molecular weight excluding hydrogens is 532 g/mol. The standard InChI is InChI=1S/C32H40N6O4/c1-5-34-26-23(17-24-27-28(42-32(3,4)41-27)29(40-24)31(39)35-6-2)37-25(18-33)38-30(26)36-19-22(20-13-9-7-10-14-20)21-15-11-8-12-16-21/h5,7-16,22,24,27-29H,6,17-19,33H2,1-4H3,(H,35,39)(H,36,37,38)/t24?,27-,28-,29-/m0/s1. The first kappa shape index (κ1) is 29.8. The largest absolute Gasteiger partial charge is 0.367 e. The summed E-state index contributed by atoms with van der Waals surface area (Å²) in [5.74, 6) is 0.0979. The average Bonchev–Trinajstić information content (AvgIpc) is 3.48. The molecule has 2 aliphatic heterocycles. The maximum Gasteiger partial charge on any atom is 0.251 e. The van der Waals surface area contributed by atoms with Gasteiger partial charge in [0.2, 0.25) is 0 Å². The van der Waals surface area contributed by atoms with Crippen LogP contribution in [0, 0.1) is 0 Å². The Bertz CT molecular complexity index is 1350. The normalized spacial score (nSPS) is 22.9. The van der Waals surface area contributed by atoms with Gasteiger partial charge < -0.3 is 30.6 Å². The van der Waals surface area contributed by atoms with Gasteiger partial charge in [-0.3, -0.25) is 9.79 Å². The van der Waals surface area contributed by atoms with E-state index in [4.69, 9.17) is 29.9 Å². The van der Waals surface area contributed by atoms with Crippen LogP contribution in [-0.4, -0.2) is 65.4 Å². The van der Waals surface area contributed by atoms with E-state index < -0.39 is 30.2 Å². The van der Waals surface area contributed by atoms with Crippen molar-refractivity contribution in [1.82, 2.24) is 15.3 Å². The van der Waals surface area contributed by atoms with E-state index in [1.54, 1.807) is 6.21 Å². The summed E-state index contributed by atoms with van der Waals surface area (Å²) in [5.41, 5.74) is 9.70. The summed E-state index contributed by atoms with van der Waals surface area (Å²) in [6, 6.07) is 20.7. The van der Waals surface area contributed by atoms with E-state index in [0.29, 0.717) is 42.5 Å². The van der Waals surface area contributed by atoms with E-state index in [-0.39, 0.29) is 18.4 Å². The van der Waals surface area contributed by atoms with Crippen LogP contribution in [0.1, 0.15) is 56.3 Å². The third-order valence-corrected chi connectivity index (χ3v) is 7.47. The molecule has 3 heterocycles. The van der Waals surface area contributed by atoms with Crippen LogP contribution in [0.25, 0.3) is 0 Å². The van der Waals surface area contributed by atoms with Crippen LogP contribution in [-0.2, 0) is 32.0 Å². The van der Waals surface area contributed by atoms with E-state index in [0.717, 1.165) is 0 Å². The maximum atomic E-state index is 12.9. The molecule has 0 aliphatic carbocycles. The number of amides is 1. The summed E-state index contributed by atoms with van der Waals surface area (Å²) < 4.78 is 18.6. The third kappa shape index (κ3) is 6.52. The van der Waals surface area contributed by atoms with Gasteiger partial charge in [0, 0.05) is 31.6 Å². The molecule has 0 spiro atoms. The zero-order valence-corrected chi connectivity index (χ0v) is 24.6. The summed E-state index contributed by atoms with van der Waals surface area (Å²) in [4.78, 5) is 27.0. The Morgan fingerprint density at radius 1 is 1.05 bits per heavy atom. The molecular formula is C32H40N6O4. The van der Waals surface area contributed by atoms with Gasteiger partial charge in [0.15, 0.2) is 17.7 Å². The number of anilines is 1. The van der Waals surface area contributed by atoms with E-state index in [9.17, 15) is 4.79 Å². The van der Waals surface area contributed by atoms with Crippen molar-refractivity contribution < 1.29 is 19.0 Å². The first-order chi connectivity index (χ1) is 20.3. The van der Waals surface area contributed by atoms with Gasteiger partial charge in [-0.05, 0) is 38.8 Å². The number of hydrogen-bond donors (Lipinski definition) is 3. The molecule has 2 aliphatic rings. The average molecular weight is 573 g/mol. The molecule has 0 saturated carbocycles. The van der Waals surface area contributed by atoms with Crippen molar-refractivity contribution in [2.75, 3.05) is 18.4 Å². The number of aliphatic imine (C=N–C) groups is 1. The Morgan fingerprint density at radius 2 is 1.69 bits per heavy atom. The highest BCUT2D eigenvalue weighted by molar-refractivity contribution is 5.82. The molecule has 5 rings (SSSR count). The van der Waals surface area contributed by atoms with E-state index in [2.05, 4.69) is 39.9 Å². The van der Waals surface area contributed by atoms with Crippen LogP contribution in [0.15, 0.2) is 65.7 Å². The highest BCUT2D eigenvalue weighted by Crippen LogP contribution is 2.41. The van der Waals surface area contributed by atoms with E-state index in [1.807, 2.05) is 64.1 Å². The number of nitrogens with one attached hydrogen (secondary N) is 2. The number of nitrogens with zero attached hydrogens (tertiary/aromatic N) is 3. The number of nitrogens with two attached hydrogens (primary N) is 1. The summed E-state index contributed by atoms with van der Waals surface area (Å²) in [7, 11) is 0. The first-order valence-corrected chi connectivity index (χ1v) is 14.5. The molecule has 4 atom stereocenters. The monoisotopic (exact) mass is 572 g/mol. The number of hydrogen-bond acceptors (Lipinski definition) is 9. The molecule has 1 amide bonds. The molecule has 1 unspecified atom stereocenters. The van der Waals surface area contributed by atoms with Crippen LogP contribution in [0.4, 0.5) is 11.5 Å². The van der Waals surface area contributed by atoms with Gasteiger partial charge in [-0.25, -0.2) is 9.97 Å². The minimum absolute atomic E-state index is 0.0774. The van der Waals surface area contributed by atoms with Crippen LogP contribution in [0.2, 0.25) is 0 Å². The maximum absolute atomic E-state index is 12.9. The Balaban J connectivity index is 1.45. The van der Waals surface area contributed by atoms with E-state index in [1.165, 1.54) is 11.1 Å². The van der Waals surface area contributed by atoms with Gasteiger partial charge >= 0.3 is 0 Å². The number of likely N-dealkylation sites (N-methyl/N-ethyl adjacent to an activating group) is 1. The van der Waals surface area contributed by atoms with Crippen molar-refractivity contribution in [2.45, 2.75) is 76.8 Å². The fourth-order valence-electron chi connectivity index (χ4n) is 5.69. The minimum Gasteiger partial charge on any atom is -0.367 e. The highest BCUT2D eigenvalue weighted by Gasteiger charge is 2.57. The molecule has 2 fully saturated rings. The number of carbonyl (C=O) groups excluding carboxylic acids is 1. The summed E-state index contributed by atoms with van der Waals surface area (Å²) >= 11 is 0. The zero-order valence-electron chi connectivity index (χ0n) is 24.6. The smallest absolute Gasteiger partial charge is 0.251 e. The van der Waals surface area contributed by atoms with Gasteiger partial charge in [-0.15, -0.1) is 0 Å². The third-order valence-electron chi connectivity index (χ3n) is 7.47. The topological polar surface area (TPSA) is 133 Å². The fourth-order valence-corrected chi connectivity index (χ4v) is 5.69. The van der Waals surface area contributed by atoms with Crippen LogP contribution < -0.4 is 16.4 Å². The van der Waals surface area contributed by atoms with Crippen LogP contribution >= 0.6 is 0 Å². The Labute approximate surface area is 247 Å². The van der Waals surface area contributed by atoms with Gasteiger partial charge in [-0.2, -0.15) is 0 Å². The lowest BCUT2D eigenvalue weighted by atomic mass is 9.91. The molecule has 2 saturated heterocycles. The Kier molecular flexibility index (Phi) is 9.27. The molecule has 222 valence electrons. The molecule has 0 radical (unpaired) electrons. The Hall–Kier alpha value is -3.70. The van der Waals surface area contributed by atoms with Crippen molar-refractivity contribution >= 4 is 23.6 Å². The highest BCUT2D eigenvalue weighted by atomic mass is 16.8. The molecule has 1 aromatic heterocycles. The number of ether oxygens (including phenoxy) is 3. The summed E-state index contributed by atoms with van der Waals surface area (Å²) in [6.45, 7) is 8.65. The van der Waals surface area contributed by atoms with Gasteiger partial charge in [0.25, 0.3) is 5.91 Å². The second-order valence-electron chi connectivity index (χ2n) is 10.9. The van der Waals surface area contributed by atoms with Crippen LogP contribution in [0.3, 0.4) is 0 Å². The second kappa shape index (κ2) is 13.1. The van der Waals surface area contributed by atoms with Crippen molar-refractivity contribution in [2.24, 2.45) is 10.7 Å². The number of fused-ring (bicyclic) bond motifs is 1. The van der Waals surface area contributed by atoms with Crippen molar-refractivity contribution in [1.29, 1.82) is 0 Å². The predicted molar refractivity (Wildman–Crippen MR) is 162 cm³/mol. The zero-order chi connectivity index (χ0) is 29.7. The van der Waals surface area contributed by atoms with Gasteiger partial charge in [0.05, 0.1) is 18.3 Å². The van der Waals surface area contributed by atoms with Crippen molar-refractivity contribution in [3.05, 3.63) is 83.3 Å². The van der Waals surface area contributed by atoms with Crippen molar-refractivity contribution in [3.8, 4) is 0 Å². The first-order valence-electron chi connectivity index (χ1n) is 14.5. The van der Waals surface area contributed by atoms with Crippen molar-refractivity contribution in [3.63, 3.8) is 0 Å². The molecule has 3 aromatic rings. The minimum atomic E-state index is -0.836. The fraction of sp³-hybridized carbons (Fsp3) is 0.438. The lowest BCUT2D eigenvalue weighted by Crippen LogP contribution is -2.42. The number of aromatic nitrogens is 2. The second-order valence-corrected chi connectivity index (χ2v) is 10.9. The SMILES string of the molecule is CC=Nc1c(CC2O[C@H](C(=O)NCC)[C@H]3OC(C)(C)O[C@@H]23)nc(CN)nc1NCC(c1ccccc1)c1ccccc1. The molecule has 10 nitrogen and oxygen atoms in total. The number of rotatable bonds is 11. The quantitative estimate of drug-likeness (QED) is 0.295. The Morgan fingerprint density at radius 3 is 2.29 bits per heavy atom. The molecule has 2 aromatic carbocycles. The lowest BCUT2D eigenvalue weighted by Gasteiger charge is -2.24. The number of carbonyl (C=O) groups is 1. The van der Waals surface area contributed by atoms with Gasteiger partial charge in [-0.1, -0.05) is 60.7 Å². The molecule has 4 N–H and O–H groups in total. The summed E-state index contributed by atoms with van der Waals surface area (Å²) in [6.07, 6.45) is -0.181. The van der Waals surface area contributed by atoms with Gasteiger partial charge in [0.1, 0.15) is 23.7 Å². The predicted octanol–water partition coefficient (Wildman–Crippen LogP) is 3.87. The number of benzene rings is 2. The molecule has 10 heteroatoms.